The molecule has 1 aliphatic carbocycles. The van der Waals surface area contributed by atoms with Crippen LogP contribution in [0.1, 0.15) is 30.0 Å². The molecule has 3 rings (SSSR count). The maximum atomic E-state index is 9.92. The first-order valence-electron chi connectivity index (χ1n) is 6.64. The van der Waals surface area contributed by atoms with E-state index in [2.05, 4.69) is 30.1 Å². The molecule has 0 fully saturated rings. The maximum Gasteiger partial charge on any atom is 0.119 e. The van der Waals surface area contributed by atoms with Crippen LogP contribution in [0.25, 0.3) is 5.57 Å². The predicted molar refractivity (Wildman–Crippen MR) is 77.0 cm³/mol. The van der Waals surface area contributed by atoms with E-state index in [1.165, 1.54) is 22.3 Å². The molecule has 0 saturated carbocycles. The standard InChI is InChI=1S/C17H17NO/c1-12-14(11-13-7-9-18-10-8-13)5-6-16-15(12)3-2-4-17(16)19/h2-4,7-10,19H,5-6,11H2,1H3. The number of benzene rings is 1. The molecule has 0 radical (unpaired) electrons. The van der Waals surface area contributed by atoms with Crippen molar-refractivity contribution in [3.05, 3.63) is 65.0 Å². The fraction of sp³-hybridized carbons (Fsp3) is 0.235. The van der Waals surface area contributed by atoms with E-state index in [1.54, 1.807) is 6.07 Å². The topological polar surface area (TPSA) is 33.1 Å². The number of fused-ring (bicyclic) bond motifs is 1. The highest BCUT2D eigenvalue weighted by Gasteiger charge is 2.18. The summed E-state index contributed by atoms with van der Waals surface area (Å²) >= 11 is 0. The number of rotatable bonds is 2. The third-order valence-electron chi connectivity index (χ3n) is 3.93. The normalized spacial score (nSPS) is 14.4. The summed E-state index contributed by atoms with van der Waals surface area (Å²) in [6, 6.07) is 9.94. The Morgan fingerprint density at radius 3 is 2.68 bits per heavy atom. The van der Waals surface area contributed by atoms with Gasteiger partial charge in [-0.25, -0.2) is 0 Å². The Labute approximate surface area is 113 Å². The number of allylic oxidation sites excluding steroid dienone is 2. The Kier molecular flexibility index (Phi) is 3.08. The van der Waals surface area contributed by atoms with Crippen molar-refractivity contribution in [3.63, 3.8) is 0 Å². The third kappa shape index (κ3) is 2.26. The molecule has 0 bridgehead atoms. The average molecular weight is 251 g/mol. The molecule has 1 N–H and O–H groups in total. The fourth-order valence-corrected chi connectivity index (χ4v) is 2.81. The van der Waals surface area contributed by atoms with E-state index in [9.17, 15) is 5.11 Å². The molecule has 2 nitrogen and oxygen atoms in total. The zero-order valence-corrected chi connectivity index (χ0v) is 11.1. The summed E-state index contributed by atoms with van der Waals surface area (Å²) in [5.74, 6) is 0.430. The van der Waals surface area contributed by atoms with Gasteiger partial charge < -0.3 is 5.11 Å². The molecule has 96 valence electrons. The predicted octanol–water partition coefficient (Wildman–Crippen LogP) is 3.75. The first-order valence-corrected chi connectivity index (χ1v) is 6.64. The maximum absolute atomic E-state index is 9.92. The van der Waals surface area contributed by atoms with Crippen molar-refractivity contribution < 1.29 is 5.11 Å². The Morgan fingerprint density at radius 2 is 1.89 bits per heavy atom. The van der Waals surface area contributed by atoms with Gasteiger partial charge in [0.1, 0.15) is 5.75 Å². The van der Waals surface area contributed by atoms with E-state index in [0.717, 1.165) is 24.8 Å². The highest BCUT2D eigenvalue weighted by molar-refractivity contribution is 5.73. The minimum atomic E-state index is 0.430. The first-order chi connectivity index (χ1) is 9.25. The molecule has 0 spiro atoms. The lowest BCUT2D eigenvalue weighted by molar-refractivity contribution is 0.467. The lowest BCUT2D eigenvalue weighted by atomic mass is 9.83. The molecule has 2 aromatic rings. The summed E-state index contributed by atoms with van der Waals surface area (Å²) < 4.78 is 0. The van der Waals surface area contributed by atoms with Crippen LogP contribution < -0.4 is 0 Å². The van der Waals surface area contributed by atoms with E-state index in [-0.39, 0.29) is 0 Å². The lowest BCUT2D eigenvalue weighted by Crippen LogP contribution is -2.06. The highest BCUT2D eigenvalue weighted by atomic mass is 16.3. The van der Waals surface area contributed by atoms with Crippen molar-refractivity contribution in [2.45, 2.75) is 26.2 Å². The lowest BCUT2D eigenvalue weighted by Gasteiger charge is -2.22. The molecule has 0 amide bonds. The fourth-order valence-electron chi connectivity index (χ4n) is 2.81. The Hall–Kier alpha value is -2.09. The number of phenols is 1. The summed E-state index contributed by atoms with van der Waals surface area (Å²) in [7, 11) is 0. The largest absolute Gasteiger partial charge is 0.508 e. The van der Waals surface area contributed by atoms with Crippen LogP contribution in [0.5, 0.6) is 5.75 Å². The zero-order chi connectivity index (χ0) is 13.2. The molecule has 1 aliphatic rings. The van der Waals surface area contributed by atoms with Gasteiger partial charge in [0.2, 0.25) is 0 Å². The van der Waals surface area contributed by atoms with Gasteiger partial charge in [0, 0.05) is 18.0 Å². The number of hydrogen-bond acceptors (Lipinski definition) is 2. The average Bonchev–Trinajstić information content (AvgIpc) is 2.44. The summed E-state index contributed by atoms with van der Waals surface area (Å²) in [6.45, 7) is 2.16. The molecule has 1 heterocycles. The van der Waals surface area contributed by atoms with Gasteiger partial charge in [0.25, 0.3) is 0 Å². The van der Waals surface area contributed by atoms with Gasteiger partial charge in [-0.15, -0.1) is 0 Å². The number of hydrogen-bond donors (Lipinski definition) is 1. The molecular formula is C17H17NO. The summed E-state index contributed by atoms with van der Waals surface area (Å²) in [6.07, 6.45) is 6.61. The van der Waals surface area contributed by atoms with Crippen molar-refractivity contribution >= 4 is 5.57 Å². The van der Waals surface area contributed by atoms with Crippen molar-refractivity contribution in [3.8, 4) is 5.75 Å². The first kappa shape index (κ1) is 12.0. The molecule has 0 saturated heterocycles. The second-order valence-electron chi connectivity index (χ2n) is 5.06. The zero-order valence-electron chi connectivity index (χ0n) is 11.1. The minimum Gasteiger partial charge on any atom is -0.508 e. The van der Waals surface area contributed by atoms with Gasteiger partial charge in [-0.05, 0) is 61.1 Å². The number of phenolic OH excluding ortho intramolecular Hbond substituents is 1. The quantitative estimate of drug-likeness (QED) is 0.881. The van der Waals surface area contributed by atoms with Gasteiger partial charge in [-0.1, -0.05) is 17.7 Å². The number of aromatic nitrogens is 1. The van der Waals surface area contributed by atoms with Crippen molar-refractivity contribution in [2.75, 3.05) is 0 Å². The highest BCUT2D eigenvalue weighted by Crippen LogP contribution is 2.36. The Morgan fingerprint density at radius 1 is 1.11 bits per heavy atom. The van der Waals surface area contributed by atoms with Gasteiger partial charge in [-0.2, -0.15) is 0 Å². The van der Waals surface area contributed by atoms with Gasteiger partial charge >= 0.3 is 0 Å². The van der Waals surface area contributed by atoms with Gasteiger partial charge in [0.05, 0.1) is 0 Å². The SMILES string of the molecule is CC1=C(Cc2ccncc2)CCc2c(O)cccc21. The van der Waals surface area contributed by atoms with Crippen LogP contribution in [-0.2, 0) is 12.8 Å². The van der Waals surface area contributed by atoms with Gasteiger partial charge in [-0.3, -0.25) is 4.98 Å². The number of nitrogens with zero attached hydrogens (tertiary/aromatic N) is 1. The Balaban J connectivity index is 1.97. The van der Waals surface area contributed by atoms with Crippen LogP contribution in [0, 0.1) is 0 Å². The summed E-state index contributed by atoms with van der Waals surface area (Å²) in [5, 5.41) is 9.92. The van der Waals surface area contributed by atoms with Crippen LogP contribution in [0.3, 0.4) is 0 Å². The molecule has 1 aromatic carbocycles. The van der Waals surface area contributed by atoms with Crippen LogP contribution >= 0.6 is 0 Å². The van der Waals surface area contributed by atoms with Crippen molar-refractivity contribution in [1.29, 1.82) is 0 Å². The monoisotopic (exact) mass is 251 g/mol. The van der Waals surface area contributed by atoms with Crippen LogP contribution in [0.2, 0.25) is 0 Å². The smallest absolute Gasteiger partial charge is 0.119 e. The number of pyridine rings is 1. The minimum absolute atomic E-state index is 0.430. The van der Waals surface area contributed by atoms with Crippen molar-refractivity contribution in [2.24, 2.45) is 0 Å². The Bertz CT molecular complexity index is 629. The summed E-state index contributed by atoms with van der Waals surface area (Å²) in [4.78, 5) is 4.06. The van der Waals surface area contributed by atoms with E-state index in [0.29, 0.717) is 5.75 Å². The second kappa shape index (κ2) is 4.88. The van der Waals surface area contributed by atoms with E-state index in [4.69, 9.17) is 0 Å². The van der Waals surface area contributed by atoms with Crippen LogP contribution in [0.4, 0.5) is 0 Å². The molecule has 0 unspecified atom stereocenters. The van der Waals surface area contributed by atoms with Crippen LogP contribution in [0.15, 0.2) is 48.3 Å². The van der Waals surface area contributed by atoms with Crippen molar-refractivity contribution in [1.82, 2.24) is 4.98 Å². The molecule has 0 atom stereocenters. The third-order valence-corrected chi connectivity index (χ3v) is 3.93. The molecular weight excluding hydrogens is 234 g/mol. The molecule has 1 aromatic heterocycles. The molecule has 0 aliphatic heterocycles. The number of aromatic hydroxyl groups is 1. The van der Waals surface area contributed by atoms with Gasteiger partial charge in [0.15, 0.2) is 0 Å². The van der Waals surface area contributed by atoms with E-state index in [1.807, 2.05) is 18.5 Å². The van der Waals surface area contributed by atoms with Crippen LogP contribution in [-0.4, -0.2) is 10.1 Å². The summed E-state index contributed by atoms with van der Waals surface area (Å²) in [5.41, 5.74) is 6.37. The molecule has 2 heteroatoms. The van der Waals surface area contributed by atoms with E-state index < -0.39 is 0 Å². The molecule has 19 heavy (non-hydrogen) atoms. The van der Waals surface area contributed by atoms with E-state index >= 15 is 0 Å². The second-order valence-corrected chi connectivity index (χ2v) is 5.06.